The fourth-order valence-electron chi connectivity index (χ4n) is 2.95. The highest BCUT2D eigenvalue weighted by molar-refractivity contribution is 5.90. The number of nitrogens with one attached hydrogen (secondary N) is 2. The van der Waals surface area contributed by atoms with E-state index in [0.717, 1.165) is 12.3 Å². The number of hydroxylamine groups is 1. The number of amides is 1. The van der Waals surface area contributed by atoms with Crippen LogP contribution in [0.4, 0.5) is 5.82 Å². The molecule has 1 aliphatic heterocycles. The third kappa shape index (κ3) is 8.54. The lowest BCUT2D eigenvalue weighted by atomic mass is 10.2. The first kappa shape index (κ1) is 25.6. The zero-order valence-corrected chi connectivity index (χ0v) is 18.1. The summed E-state index contributed by atoms with van der Waals surface area (Å²) in [6.07, 6.45) is 8.34. The molecule has 164 valence electrons. The van der Waals surface area contributed by atoms with Gasteiger partial charge in [0.15, 0.2) is 0 Å². The molecule has 30 heavy (non-hydrogen) atoms. The summed E-state index contributed by atoms with van der Waals surface area (Å²) >= 11 is 0. The molecule has 2 aromatic rings. The maximum atomic E-state index is 10.9. The number of halogens is 2. The molecule has 1 aromatic carbocycles. The molecule has 0 spiro atoms. The average molecular weight is 456 g/mol. The van der Waals surface area contributed by atoms with Gasteiger partial charge in [-0.2, -0.15) is 0 Å². The Morgan fingerprint density at radius 3 is 2.50 bits per heavy atom. The molecule has 1 aliphatic rings. The molecule has 0 radical (unpaired) electrons. The minimum absolute atomic E-state index is 0. The average Bonchev–Trinajstić information content (AvgIpc) is 3.24. The summed E-state index contributed by atoms with van der Waals surface area (Å²) in [4.78, 5) is 21.8. The van der Waals surface area contributed by atoms with E-state index >= 15 is 0 Å². The minimum atomic E-state index is -0.620. The SMILES string of the molecule is Cl.Cl.O=C(/C=C/c1cnc(NCCOc2ccc(CN3CCCC3)cc2)cn1)NO. The number of aromatic nitrogens is 2. The second-order valence-corrected chi connectivity index (χ2v) is 6.54. The first-order valence-corrected chi connectivity index (χ1v) is 9.35. The number of benzene rings is 1. The largest absolute Gasteiger partial charge is 0.492 e. The first-order valence-electron chi connectivity index (χ1n) is 9.35. The van der Waals surface area contributed by atoms with Crippen molar-refractivity contribution in [2.24, 2.45) is 0 Å². The standard InChI is InChI=1S/C20H25N5O3.2ClH/c26-20(24-27)8-5-17-13-23-19(14-22-17)21-9-12-28-18-6-3-16(4-7-18)15-25-10-1-2-11-25;;/h3-8,13-14,27H,1-2,9-12,15H2,(H,21,23)(H,24,26);2*1H/b8-5+;;. The Morgan fingerprint density at radius 1 is 1.13 bits per heavy atom. The number of rotatable bonds is 9. The maximum absolute atomic E-state index is 10.9. The highest BCUT2D eigenvalue weighted by atomic mass is 35.5. The van der Waals surface area contributed by atoms with Crippen LogP contribution in [0.2, 0.25) is 0 Å². The van der Waals surface area contributed by atoms with Crippen LogP contribution in [0.15, 0.2) is 42.7 Å². The van der Waals surface area contributed by atoms with E-state index in [1.54, 1.807) is 6.20 Å². The molecule has 8 nitrogen and oxygen atoms in total. The lowest BCUT2D eigenvalue weighted by molar-refractivity contribution is -0.124. The van der Waals surface area contributed by atoms with Gasteiger partial charge in [-0.1, -0.05) is 12.1 Å². The lowest BCUT2D eigenvalue weighted by Gasteiger charge is -2.15. The molecular formula is C20H27Cl2N5O3. The predicted molar refractivity (Wildman–Crippen MR) is 120 cm³/mol. The van der Waals surface area contributed by atoms with Crippen molar-refractivity contribution < 1.29 is 14.7 Å². The Balaban J connectivity index is 0.00000225. The highest BCUT2D eigenvalue weighted by Crippen LogP contribution is 2.16. The Kier molecular flexibility index (Phi) is 11.8. The van der Waals surface area contributed by atoms with Crippen LogP contribution in [-0.2, 0) is 11.3 Å². The summed E-state index contributed by atoms with van der Waals surface area (Å²) in [6.45, 7) is 4.50. The number of ether oxygens (including phenoxy) is 1. The number of hydrogen-bond donors (Lipinski definition) is 3. The number of carbonyl (C=O) groups excluding carboxylic acids is 1. The van der Waals surface area contributed by atoms with E-state index in [-0.39, 0.29) is 24.8 Å². The van der Waals surface area contributed by atoms with Crippen LogP contribution in [0.1, 0.15) is 24.1 Å². The topological polar surface area (TPSA) is 99.6 Å². The van der Waals surface area contributed by atoms with Gasteiger partial charge >= 0.3 is 0 Å². The van der Waals surface area contributed by atoms with E-state index in [9.17, 15) is 4.79 Å². The Hall–Kier alpha value is -2.39. The molecule has 0 atom stereocenters. The van der Waals surface area contributed by atoms with E-state index in [2.05, 4.69) is 32.3 Å². The summed E-state index contributed by atoms with van der Waals surface area (Å²) in [5.74, 6) is 0.847. The molecule has 0 saturated carbocycles. The third-order valence-corrected chi connectivity index (χ3v) is 4.39. The van der Waals surface area contributed by atoms with Crippen molar-refractivity contribution in [1.29, 1.82) is 0 Å². The van der Waals surface area contributed by atoms with Gasteiger partial charge in [0.05, 0.1) is 24.6 Å². The summed E-state index contributed by atoms with van der Waals surface area (Å²) in [7, 11) is 0. The molecule has 1 fully saturated rings. The summed E-state index contributed by atoms with van der Waals surface area (Å²) < 4.78 is 5.75. The predicted octanol–water partition coefficient (Wildman–Crippen LogP) is 2.93. The normalized spacial score (nSPS) is 13.4. The molecule has 0 bridgehead atoms. The van der Waals surface area contributed by atoms with Gasteiger partial charge in [-0.3, -0.25) is 19.9 Å². The molecule has 1 amide bonds. The second-order valence-electron chi connectivity index (χ2n) is 6.54. The fourth-order valence-corrected chi connectivity index (χ4v) is 2.95. The number of carbonyl (C=O) groups is 1. The molecule has 0 unspecified atom stereocenters. The molecule has 3 N–H and O–H groups in total. The van der Waals surface area contributed by atoms with Crippen LogP contribution in [-0.4, -0.2) is 52.2 Å². The molecule has 0 aliphatic carbocycles. The van der Waals surface area contributed by atoms with Gasteiger partial charge in [0.25, 0.3) is 5.91 Å². The van der Waals surface area contributed by atoms with E-state index in [1.807, 2.05) is 12.1 Å². The van der Waals surface area contributed by atoms with E-state index < -0.39 is 5.91 Å². The Labute approximate surface area is 188 Å². The van der Waals surface area contributed by atoms with Crippen molar-refractivity contribution in [2.75, 3.05) is 31.6 Å². The zero-order valence-electron chi connectivity index (χ0n) is 16.5. The van der Waals surface area contributed by atoms with Crippen molar-refractivity contribution in [3.05, 3.63) is 54.0 Å². The van der Waals surface area contributed by atoms with Gasteiger partial charge in [0.1, 0.15) is 18.2 Å². The molecule has 1 aromatic heterocycles. The maximum Gasteiger partial charge on any atom is 0.267 e. The van der Waals surface area contributed by atoms with Crippen LogP contribution in [0.5, 0.6) is 5.75 Å². The smallest absolute Gasteiger partial charge is 0.267 e. The molecular weight excluding hydrogens is 429 g/mol. The van der Waals surface area contributed by atoms with Crippen molar-refractivity contribution in [3.63, 3.8) is 0 Å². The highest BCUT2D eigenvalue weighted by Gasteiger charge is 2.11. The van der Waals surface area contributed by atoms with Gasteiger partial charge in [0.2, 0.25) is 0 Å². The number of nitrogens with zero attached hydrogens (tertiary/aromatic N) is 3. The van der Waals surface area contributed by atoms with Crippen molar-refractivity contribution in [3.8, 4) is 5.75 Å². The summed E-state index contributed by atoms with van der Waals surface area (Å²) in [5.41, 5.74) is 3.34. The van der Waals surface area contributed by atoms with Gasteiger partial charge in [-0.05, 0) is 49.7 Å². The Morgan fingerprint density at radius 2 is 1.87 bits per heavy atom. The van der Waals surface area contributed by atoms with Crippen LogP contribution >= 0.6 is 24.8 Å². The van der Waals surface area contributed by atoms with Gasteiger partial charge in [-0.25, -0.2) is 10.5 Å². The van der Waals surface area contributed by atoms with Gasteiger partial charge in [0, 0.05) is 12.6 Å². The third-order valence-electron chi connectivity index (χ3n) is 4.39. The Bertz CT molecular complexity index is 782. The van der Waals surface area contributed by atoms with Crippen LogP contribution in [0.25, 0.3) is 6.08 Å². The van der Waals surface area contributed by atoms with Crippen molar-refractivity contribution in [2.45, 2.75) is 19.4 Å². The second kappa shape index (κ2) is 13.8. The number of hydrogen-bond acceptors (Lipinski definition) is 7. The van der Waals surface area contributed by atoms with Crippen molar-refractivity contribution in [1.82, 2.24) is 20.3 Å². The number of anilines is 1. The van der Waals surface area contributed by atoms with Crippen molar-refractivity contribution >= 4 is 42.6 Å². The fraction of sp³-hybridized carbons (Fsp3) is 0.350. The van der Waals surface area contributed by atoms with E-state index in [1.165, 1.54) is 55.3 Å². The van der Waals surface area contributed by atoms with Gasteiger partial charge < -0.3 is 10.1 Å². The number of likely N-dealkylation sites (tertiary alicyclic amines) is 1. The summed E-state index contributed by atoms with van der Waals surface area (Å²) in [6, 6.07) is 8.26. The molecule has 3 rings (SSSR count). The van der Waals surface area contributed by atoms with E-state index in [4.69, 9.17) is 9.94 Å². The molecule has 2 heterocycles. The minimum Gasteiger partial charge on any atom is -0.492 e. The van der Waals surface area contributed by atoms with Crippen LogP contribution in [0, 0.1) is 0 Å². The lowest BCUT2D eigenvalue weighted by Crippen LogP contribution is -2.18. The summed E-state index contributed by atoms with van der Waals surface area (Å²) in [5, 5.41) is 11.5. The molecule has 1 saturated heterocycles. The van der Waals surface area contributed by atoms with Gasteiger partial charge in [-0.15, -0.1) is 24.8 Å². The first-order chi connectivity index (χ1) is 13.7. The van der Waals surface area contributed by atoms with Crippen LogP contribution in [0.3, 0.4) is 0 Å². The zero-order chi connectivity index (χ0) is 19.6. The van der Waals surface area contributed by atoms with E-state index in [0.29, 0.717) is 24.7 Å². The molecule has 10 heteroatoms. The quantitative estimate of drug-likeness (QED) is 0.231. The monoisotopic (exact) mass is 455 g/mol. The van der Waals surface area contributed by atoms with Crippen LogP contribution < -0.4 is 15.5 Å².